The van der Waals surface area contributed by atoms with E-state index in [0.717, 1.165) is 33.5 Å². The minimum absolute atomic E-state index is 0.424. The van der Waals surface area contributed by atoms with E-state index in [0.29, 0.717) is 10.9 Å². The summed E-state index contributed by atoms with van der Waals surface area (Å²) in [6, 6.07) is 5.77. The van der Waals surface area contributed by atoms with Gasteiger partial charge in [0.2, 0.25) is 5.88 Å². The van der Waals surface area contributed by atoms with E-state index in [1.807, 2.05) is 39.1 Å². The smallest absolute Gasteiger partial charge is 0.238 e. The first kappa shape index (κ1) is 15.3. The molecule has 2 aromatic rings. The first-order valence-corrected chi connectivity index (χ1v) is 7.42. The number of aryl methyl sites for hydroxylation is 2. The third-order valence-electron chi connectivity index (χ3n) is 2.87. The summed E-state index contributed by atoms with van der Waals surface area (Å²) in [5.41, 5.74) is 3.25. The minimum Gasteiger partial charge on any atom is -0.438 e. The minimum atomic E-state index is 0.424. The number of hydrogen-bond acceptors (Lipinski definition) is 3. The topological polar surface area (TPSA) is 34.2 Å². The number of aromatic nitrogens is 1. The van der Waals surface area contributed by atoms with Crippen molar-refractivity contribution in [1.29, 1.82) is 0 Å². The van der Waals surface area contributed by atoms with Gasteiger partial charge in [0.1, 0.15) is 10.8 Å². The largest absolute Gasteiger partial charge is 0.438 e. The Morgan fingerprint density at radius 3 is 2.45 bits per heavy atom. The Kier molecular flexibility index (Phi) is 5.02. The van der Waals surface area contributed by atoms with Crippen molar-refractivity contribution < 1.29 is 4.74 Å². The van der Waals surface area contributed by atoms with Gasteiger partial charge in [-0.2, -0.15) is 0 Å². The van der Waals surface area contributed by atoms with Crippen LogP contribution in [0.3, 0.4) is 0 Å². The Morgan fingerprint density at radius 1 is 1.25 bits per heavy atom. The molecule has 1 N–H and O–H groups in total. The van der Waals surface area contributed by atoms with E-state index in [4.69, 9.17) is 16.3 Å². The van der Waals surface area contributed by atoms with Crippen molar-refractivity contribution in [2.75, 3.05) is 7.05 Å². The van der Waals surface area contributed by atoms with Gasteiger partial charge in [0.05, 0.1) is 0 Å². The van der Waals surface area contributed by atoms with E-state index in [2.05, 4.69) is 26.2 Å². The van der Waals surface area contributed by atoms with Crippen molar-refractivity contribution in [3.05, 3.63) is 50.6 Å². The zero-order valence-corrected chi connectivity index (χ0v) is 14.0. The van der Waals surface area contributed by atoms with Gasteiger partial charge in [-0.05, 0) is 55.8 Å². The van der Waals surface area contributed by atoms with E-state index in [1.54, 1.807) is 6.20 Å². The molecule has 0 aliphatic rings. The van der Waals surface area contributed by atoms with E-state index in [1.165, 1.54) is 0 Å². The van der Waals surface area contributed by atoms with Gasteiger partial charge >= 0.3 is 0 Å². The lowest BCUT2D eigenvalue weighted by Gasteiger charge is -2.11. The highest BCUT2D eigenvalue weighted by Crippen LogP contribution is 2.31. The number of hydrogen-bond donors (Lipinski definition) is 1. The van der Waals surface area contributed by atoms with Crippen LogP contribution in [0.2, 0.25) is 5.02 Å². The van der Waals surface area contributed by atoms with E-state index < -0.39 is 0 Å². The second kappa shape index (κ2) is 6.57. The van der Waals surface area contributed by atoms with Crippen molar-refractivity contribution >= 4 is 27.5 Å². The maximum atomic E-state index is 6.20. The van der Waals surface area contributed by atoms with Crippen molar-refractivity contribution in [3.8, 4) is 11.6 Å². The Bertz CT molecular complexity index is 608. The fourth-order valence-electron chi connectivity index (χ4n) is 1.92. The molecule has 1 aromatic heterocycles. The van der Waals surface area contributed by atoms with Gasteiger partial charge in [0, 0.05) is 17.2 Å². The number of nitrogens with one attached hydrogen (secondary N) is 1. The summed E-state index contributed by atoms with van der Waals surface area (Å²) in [7, 11) is 1.88. The van der Waals surface area contributed by atoms with Crippen LogP contribution in [-0.2, 0) is 6.54 Å². The van der Waals surface area contributed by atoms with Crippen molar-refractivity contribution in [2.24, 2.45) is 0 Å². The predicted molar refractivity (Wildman–Crippen MR) is 85.7 cm³/mol. The average molecular weight is 356 g/mol. The van der Waals surface area contributed by atoms with Crippen LogP contribution in [-0.4, -0.2) is 12.0 Å². The Hall–Kier alpha value is -1.10. The zero-order valence-electron chi connectivity index (χ0n) is 11.6. The van der Waals surface area contributed by atoms with Crippen molar-refractivity contribution in [2.45, 2.75) is 20.4 Å². The summed E-state index contributed by atoms with van der Waals surface area (Å²) in [6.07, 6.45) is 1.76. The van der Waals surface area contributed by atoms with Crippen molar-refractivity contribution in [3.63, 3.8) is 0 Å². The summed E-state index contributed by atoms with van der Waals surface area (Å²) in [4.78, 5) is 4.27. The molecule has 0 saturated heterocycles. The Balaban J connectivity index is 2.26. The van der Waals surface area contributed by atoms with Crippen LogP contribution >= 0.6 is 27.5 Å². The quantitative estimate of drug-likeness (QED) is 0.868. The fraction of sp³-hybridized carbons (Fsp3) is 0.267. The molecule has 5 heteroatoms. The molecular weight excluding hydrogens is 340 g/mol. The standard InChI is InChI=1S/C15H16BrClN2O/c1-9-4-12(5-10(2)14(9)16)20-15-13(17)6-11(7-18-3)8-19-15/h4-6,8,18H,7H2,1-3H3. The molecule has 0 amide bonds. The molecule has 2 rings (SSSR count). The van der Waals surface area contributed by atoms with E-state index in [-0.39, 0.29) is 0 Å². The predicted octanol–water partition coefficient (Wildman–Crippen LogP) is 4.63. The maximum Gasteiger partial charge on any atom is 0.238 e. The second-order valence-corrected chi connectivity index (χ2v) is 5.83. The lowest BCUT2D eigenvalue weighted by molar-refractivity contribution is 0.462. The van der Waals surface area contributed by atoms with Crippen LogP contribution in [0.15, 0.2) is 28.9 Å². The van der Waals surface area contributed by atoms with Crippen LogP contribution in [0.5, 0.6) is 11.6 Å². The second-order valence-electron chi connectivity index (χ2n) is 4.63. The molecule has 0 atom stereocenters. The van der Waals surface area contributed by atoms with Gasteiger partial charge in [-0.25, -0.2) is 4.98 Å². The molecule has 1 aromatic carbocycles. The normalized spacial score (nSPS) is 10.7. The number of rotatable bonds is 4. The molecule has 0 fully saturated rings. The van der Waals surface area contributed by atoms with Gasteiger partial charge in [-0.15, -0.1) is 0 Å². The van der Waals surface area contributed by atoms with Gasteiger partial charge < -0.3 is 10.1 Å². The summed E-state index contributed by atoms with van der Waals surface area (Å²) >= 11 is 9.74. The first-order valence-electron chi connectivity index (χ1n) is 6.25. The summed E-state index contributed by atoms with van der Waals surface area (Å²) in [6.45, 7) is 4.77. The van der Waals surface area contributed by atoms with Crippen LogP contribution in [0.1, 0.15) is 16.7 Å². The molecule has 0 aliphatic carbocycles. The SMILES string of the molecule is CNCc1cnc(Oc2cc(C)c(Br)c(C)c2)c(Cl)c1. The third kappa shape index (κ3) is 3.51. The molecular formula is C15H16BrClN2O. The lowest BCUT2D eigenvalue weighted by Crippen LogP contribution is -2.05. The van der Waals surface area contributed by atoms with Gasteiger partial charge in [-0.1, -0.05) is 27.5 Å². The summed E-state index contributed by atoms with van der Waals surface area (Å²) in [5, 5.41) is 3.57. The highest BCUT2D eigenvalue weighted by atomic mass is 79.9. The van der Waals surface area contributed by atoms with Gasteiger partial charge in [0.15, 0.2) is 0 Å². The van der Waals surface area contributed by atoms with Crippen LogP contribution in [0.25, 0.3) is 0 Å². The first-order chi connectivity index (χ1) is 9.51. The van der Waals surface area contributed by atoms with Gasteiger partial charge in [-0.3, -0.25) is 0 Å². The highest BCUT2D eigenvalue weighted by Gasteiger charge is 2.09. The summed E-state index contributed by atoms with van der Waals surface area (Å²) in [5.74, 6) is 1.16. The number of ether oxygens (including phenoxy) is 1. The van der Waals surface area contributed by atoms with E-state index >= 15 is 0 Å². The van der Waals surface area contributed by atoms with Gasteiger partial charge in [0.25, 0.3) is 0 Å². The molecule has 1 heterocycles. The van der Waals surface area contributed by atoms with Crippen LogP contribution < -0.4 is 10.1 Å². The molecule has 0 unspecified atom stereocenters. The molecule has 0 radical (unpaired) electrons. The number of nitrogens with zero attached hydrogens (tertiary/aromatic N) is 1. The Morgan fingerprint density at radius 2 is 1.90 bits per heavy atom. The van der Waals surface area contributed by atoms with Crippen molar-refractivity contribution in [1.82, 2.24) is 10.3 Å². The third-order valence-corrected chi connectivity index (χ3v) is 4.39. The van der Waals surface area contributed by atoms with E-state index in [9.17, 15) is 0 Å². The number of benzene rings is 1. The molecule has 0 bridgehead atoms. The zero-order chi connectivity index (χ0) is 14.7. The lowest BCUT2D eigenvalue weighted by atomic mass is 10.1. The monoisotopic (exact) mass is 354 g/mol. The highest BCUT2D eigenvalue weighted by molar-refractivity contribution is 9.10. The number of pyridine rings is 1. The molecule has 0 saturated carbocycles. The molecule has 3 nitrogen and oxygen atoms in total. The van der Waals surface area contributed by atoms with Crippen LogP contribution in [0, 0.1) is 13.8 Å². The maximum absolute atomic E-state index is 6.20. The summed E-state index contributed by atoms with van der Waals surface area (Å²) < 4.78 is 6.87. The molecule has 0 spiro atoms. The Labute approximate surface area is 132 Å². The van der Waals surface area contributed by atoms with Crippen LogP contribution in [0.4, 0.5) is 0 Å². The fourth-order valence-corrected chi connectivity index (χ4v) is 2.37. The molecule has 0 aliphatic heterocycles. The average Bonchev–Trinajstić information content (AvgIpc) is 2.39. The molecule has 106 valence electrons. The number of halogens is 2. The molecule has 20 heavy (non-hydrogen) atoms.